The van der Waals surface area contributed by atoms with Crippen LogP contribution in [-0.2, 0) is 22.8 Å². The van der Waals surface area contributed by atoms with Crippen LogP contribution >= 0.6 is 0 Å². The van der Waals surface area contributed by atoms with E-state index in [2.05, 4.69) is 24.6 Å². The van der Waals surface area contributed by atoms with Gasteiger partial charge in [-0.1, -0.05) is 19.6 Å². The van der Waals surface area contributed by atoms with Gasteiger partial charge in [-0.2, -0.15) is 0 Å². The smallest absolute Gasteiger partial charge is 0.143 e. The lowest BCUT2D eigenvalue weighted by molar-refractivity contribution is 0.0878. The second-order valence-corrected chi connectivity index (χ2v) is 14.1. The fourth-order valence-corrected chi connectivity index (χ4v) is 3.70. The molecule has 30 heavy (non-hydrogen) atoms. The Labute approximate surface area is 179 Å². The van der Waals surface area contributed by atoms with Crippen molar-refractivity contribution < 1.29 is 14.6 Å². The van der Waals surface area contributed by atoms with Crippen LogP contribution in [0.4, 0.5) is 0 Å². The van der Waals surface area contributed by atoms with Gasteiger partial charge in [-0.15, -0.1) is 0 Å². The van der Waals surface area contributed by atoms with Gasteiger partial charge in [0.2, 0.25) is 0 Å². The van der Waals surface area contributed by atoms with Crippen molar-refractivity contribution in [2.24, 2.45) is 0 Å². The lowest BCUT2D eigenvalue weighted by Crippen LogP contribution is -2.22. The average molecular weight is 426 g/mol. The molecule has 0 aliphatic rings. The number of pyridine rings is 1. The minimum atomic E-state index is -1.12. The molecule has 0 atom stereocenters. The topological polar surface area (TPSA) is 69.4 Å². The van der Waals surface area contributed by atoms with Crippen molar-refractivity contribution in [2.45, 2.75) is 45.9 Å². The molecule has 0 saturated heterocycles. The summed E-state index contributed by atoms with van der Waals surface area (Å²) in [7, 11) is -1.12. The van der Waals surface area contributed by atoms with Crippen LogP contribution in [0.15, 0.2) is 48.8 Å². The normalized spacial score (nSPS) is 11.7. The van der Waals surface area contributed by atoms with Gasteiger partial charge in [0.25, 0.3) is 0 Å². The number of benzene rings is 1. The van der Waals surface area contributed by atoms with Crippen LogP contribution in [0.25, 0.3) is 22.6 Å². The second-order valence-electron chi connectivity index (χ2n) is 8.49. The van der Waals surface area contributed by atoms with E-state index in [0.29, 0.717) is 19.9 Å². The van der Waals surface area contributed by atoms with Gasteiger partial charge >= 0.3 is 0 Å². The molecule has 0 bridgehead atoms. The zero-order chi connectivity index (χ0) is 21.6. The molecular formula is C23H31N3O3Si. The Bertz CT molecular complexity index is 932. The van der Waals surface area contributed by atoms with Gasteiger partial charge in [0.05, 0.1) is 18.0 Å². The van der Waals surface area contributed by atoms with E-state index >= 15 is 0 Å². The van der Waals surface area contributed by atoms with Crippen molar-refractivity contribution in [2.75, 3.05) is 13.2 Å². The molecule has 3 aromatic rings. The van der Waals surface area contributed by atoms with Crippen LogP contribution in [-0.4, -0.2) is 40.9 Å². The Balaban J connectivity index is 1.78. The number of hydrogen-bond donors (Lipinski definition) is 1. The highest BCUT2D eigenvalue weighted by atomic mass is 28.3. The number of imidazole rings is 1. The predicted molar refractivity (Wildman–Crippen MR) is 122 cm³/mol. The molecule has 0 saturated carbocycles. The van der Waals surface area contributed by atoms with Crippen LogP contribution < -0.4 is 0 Å². The van der Waals surface area contributed by atoms with Gasteiger partial charge in [0.15, 0.2) is 0 Å². The largest absolute Gasteiger partial charge is 0.508 e. The average Bonchev–Trinajstić information content (AvgIpc) is 3.13. The standard InChI is InChI=1S/C23H31N3O3Si/c1-5-28-16-20-15-26(17-29-12-13-30(2,3)4)23(25-20)19-8-11-22(24-14-19)18-6-9-21(27)10-7-18/h6-11,14-15,27H,5,12-13,16-17H2,1-4H3. The zero-order valence-corrected chi connectivity index (χ0v) is 19.3. The van der Waals surface area contributed by atoms with E-state index < -0.39 is 8.07 Å². The highest BCUT2D eigenvalue weighted by Crippen LogP contribution is 2.24. The molecule has 7 heteroatoms. The summed E-state index contributed by atoms with van der Waals surface area (Å²) in [6, 6.07) is 12.1. The Hall–Kier alpha value is -2.48. The predicted octanol–water partition coefficient (Wildman–Crippen LogP) is 5.17. The number of aromatic hydroxyl groups is 1. The van der Waals surface area contributed by atoms with E-state index in [1.165, 1.54) is 0 Å². The van der Waals surface area contributed by atoms with Crippen molar-refractivity contribution >= 4 is 8.07 Å². The maximum Gasteiger partial charge on any atom is 0.143 e. The number of hydrogen-bond acceptors (Lipinski definition) is 5. The Morgan fingerprint density at radius 2 is 1.73 bits per heavy atom. The molecule has 1 N–H and O–H groups in total. The minimum absolute atomic E-state index is 0.244. The first kappa shape index (κ1) is 22.2. The summed E-state index contributed by atoms with van der Waals surface area (Å²) in [5.74, 6) is 1.07. The third kappa shape index (κ3) is 6.26. The number of ether oxygens (including phenoxy) is 2. The van der Waals surface area contributed by atoms with Gasteiger partial charge in [-0.3, -0.25) is 4.98 Å². The fraction of sp³-hybridized carbons (Fsp3) is 0.391. The zero-order valence-electron chi connectivity index (χ0n) is 18.3. The third-order valence-corrected chi connectivity index (χ3v) is 6.40. The molecule has 0 unspecified atom stereocenters. The summed E-state index contributed by atoms with van der Waals surface area (Å²) in [5, 5.41) is 9.47. The SMILES string of the molecule is CCOCc1cn(COCC[Si](C)(C)C)c(-c2ccc(-c3ccc(O)cc3)nc2)n1. The summed E-state index contributed by atoms with van der Waals surface area (Å²) in [6.07, 6.45) is 3.82. The van der Waals surface area contributed by atoms with Crippen molar-refractivity contribution in [3.05, 3.63) is 54.5 Å². The van der Waals surface area contributed by atoms with Gasteiger partial charge in [0, 0.05) is 44.8 Å². The van der Waals surface area contributed by atoms with Gasteiger partial charge in [-0.25, -0.2) is 4.98 Å². The van der Waals surface area contributed by atoms with E-state index in [1.807, 2.05) is 48.1 Å². The van der Waals surface area contributed by atoms with E-state index in [1.54, 1.807) is 12.1 Å². The summed E-state index contributed by atoms with van der Waals surface area (Å²) >= 11 is 0. The first-order valence-corrected chi connectivity index (χ1v) is 14.0. The molecule has 2 heterocycles. The van der Waals surface area contributed by atoms with Gasteiger partial charge in [0.1, 0.15) is 18.3 Å². The highest BCUT2D eigenvalue weighted by Gasteiger charge is 2.14. The molecule has 0 aliphatic carbocycles. The van der Waals surface area contributed by atoms with Crippen LogP contribution in [0.1, 0.15) is 12.6 Å². The van der Waals surface area contributed by atoms with E-state index in [-0.39, 0.29) is 5.75 Å². The van der Waals surface area contributed by atoms with Crippen LogP contribution in [0.3, 0.4) is 0 Å². The number of rotatable bonds is 10. The molecule has 0 amide bonds. The first-order valence-electron chi connectivity index (χ1n) is 10.3. The molecule has 3 rings (SSSR count). The van der Waals surface area contributed by atoms with E-state index in [0.717, 1.165) is 41.0 Å². The molecule has 160 valence electrons. The van der Waals surface area contributed by atoms with Crippen molar-refractivity contribution in [3.63, 3.8) is 0 Å². The molecule has 6 nitrogen and oxygen atoms in total. The molecule has 1 aromatic carbocycles. The third-order valence-electron chi connectivity index (χ3n) is 4.69. The van der Waals surface area contributed by atoms with Crippen molar-refractivity contribution in [1.29, 1.82) is 0 Å². The molecule has 0 aliphatic heterocycles. The summed E-state index contributed by atoms with van der Waals surface area (Å²) in [6.45, 7) is 11.4. The fourth-order valence-electron chi connectivity index (χ4n) is 2.95. The van der Waals surface area contributed by atoms with E-state index in [4.69, 9.17) is 14.5 Å². The lowest BCUT2D eigenvalue weighted by Gasteiger charge is -2.16. The van der Waals surface area contributed by atoms with E-state index in [9.17, 15) is 5.11 Å². The highest BCUT2D eigenvalue weighted by molar-refractivity contribution is 6.76. The summed E-state index contributed by atoms with van der Waals surface area (Å²) in [4.78, 5) is 9.35. The quantitative estimate of drug-likeness (QED) is 0.359. The van der Waals surface area contributed by atoms with Gasteiger partial charge < -0.3 is 19.1 Å². The number of phenolic OH excluding ortho intramolecular Hbond substituents is 1. The van der Waals surface area contributed by atoms with Crippen LogP contribution in [0.2, 0.25) is 25.7 Å². The number of aromatic nitrogens is 3. The van der Waals surface area contributed by atoms with Crippen LogP contribution in [0, 0.1) is 0 Å². The first-order chi connectivity index (χ1) is 14.4. The number of phenols is 1. The Morgan fingerprint density at radius 1 is 1.00 bits per heavy atom. The van der Waals surface area contributed by atoms with Crippen LogP contribution in [0.5, 0.6) is 5.75 Å². The number of nitrogens with zero attached hydrogens (tertiary/aromatic N) is 3. The molecule has 2 aromatic heterocycles. The maximum absolute atomic E-state index is 9.47. The summed E-state index contributed by atoms with van der Waals surface area (Å²) in [5.41, 5.74) is 3.60. The van der Waals surface area contributed by atoms with Crippen molar-refractivity contribution in [1.82, 2.24) is 14.5 Å². The monoisotopic (exact) mass is 425 g/mol. The Kier molecular flexibility index (Phi) is 7.41. The molecule has 0 fully saturated rings. The second kappa shape index (κ2) is 10.0. The molecular weight excluding hydrogens is 394 g/mol. The summed E-state index contributed by atoms with van der Waals surface area (Å²) < 4.78 is 13.5. The lowest BCUT2D eigenvalue weighted by atomic mass is 10.1. The molecule has 0 radical (unpaired) electrons. The minimum Gasteiger partial charge on any atom is -0.508 e. The molecule has 0 spiro atoms. The van der Waals surface area contributed by atoms with Crippen molar-refractivity contribution in [3.8, 4) is 28.4 Å². The van der Waals surface area contributed by atoms with Gasteiger partial charge in [-0.05, 0) is 49.4 Å². The Morgan fingerprint density at radius 3 is 2.37 bits per heavy atom. The maximum atomic E-state index is 9.47.